The van der Waals surface area contributed by atoms with E-state index in [0.717, 1.165) is 22.1 Å². The van der Waals surface area contributed by atoms with Crippen molar-refractivity contribution in [1.82, 2.24) is 0 Å². The van der Waals surface area contributed by atoms with E-state index in [9.17, 15) is 9.90 Å². The first-order valence-electron chi connectivity index (χ1n) is 5.99. The van der Waals surface area contributed by atoms with Crippen molar-refractivity contribution < 1.29 is 9.90 Å². The van der Waals surface area contributed by atoms with Crippen molar-refractivity contribution in [3.05, 3.63) is 58.1 Å². The van der Waals surface area contributed by atoms with Crippen LogP contribution in [0.5, 0.6) is 5.75 Å². The predicted molar refractivity (Wildman–Crippen MR) is 79.6 cm³/mol. The summed E-state index contributed by atoms with van der Waals surface area (Å²) >= 11 is 3.24. The number of rotatable bonds is 3. The van der Waals surface area contributed by atoms with Gasteiger partial charge in [-0.05, 0) is 42.3 Å². The van der Waals surface area contributed by atoms with Gasteiger partial charge >= 0.3 is 0 Å². The van der Waals surface area contributed by atoms with Crippen LogP contribution in [0, 0.1) is 0 Å². The van der Waals surface area contributed by atoms with E-state index >= 15 is 0 Å². The average molecular weight is 320 g/mol. The Kier molecular flexibility index (Phi) is 4.22. The zero-order chi connectivity index (χ0) is 13.8. The number of hydrogen-bond donors (Lipinski definition) is 2. The number of nitrogens with one attached hydrogen (secondary N) is 1. The standard InChI is InChI=1S/C15H14BrNO2/c1-2-10-4-3-5-12(8-10)17-15(19)13-7-6-11(16)9-14(13)18/h3-9,18H,2H2,1H3,(H,17,19). The monoisotopic (exact) mass is 319 g/mol. The lowest BCUT2D eigenvalue weighted by molar-refractivity contribution is 0.102. The summed E-state index contributed by atoms with van der Waals surface area (Å²) in [6, 6.07) is 12.5. The van der Waals surface area contributed by atoms with E-state index in [1.807, 2.05) is 24.3 Å². The van der Waals surface area contributed by atoms with Gasteiger partial charge in [-0.1, -0.05) is 35.0 Å². The number of phenols is 1. The van der Waals surface area contributed by atoms with Crippen LogP contribution in [-0.2, 0) is 6.42 Å². The van der Waals surface area contributed by atoms with Crippen molar-refractivity contribution in [2.75, 3.05) is 5.32 Å². The van der Waals surface area contributed by atoms with Crippen LogP contribution in [0.2, 0.25) is 0 Å². The number of phenolic OH excluding ortho intramolecular Hbond substituents is 1. The van der Waals surface area contributed by atoms with Crippen LogP contribution in [0.15, 0.2) is 46.9 Å². The van der Waals surface area contributed by atoms with Gasteiger partial charge in [0, 0.05) is 10.2 Å². The van der Waals surface area contributed by atoms with E-state index in [-0.39, 0.29) is 17.2 Å². The third-order valence-corrected chi connectivity index (χ3v) is 3.29. The molecule has 0 radical (unpaired) electrons. The number of aryl methyl sites for hydroxylation is 1. The number of halogens is 1. The Bertz CT molecular complexity index is 611. The number of carbonyl (C=O) groups is 1. The molecule has 4 heteroatoms. The van der Waals surface area contributed by atoms with E-state index in [1.165, 1.54) is 6.07 Å². The first kappa shape index (κ1) is 13.6. The van der Waals surface area contributed by atoms with Gasteiger partial charge in [-0.25, -0.2) is 0 Å². The zero-order valence-corrected chi connectivity index (χ0v) is 12.1. The highest BCUT2D eigenvalue weighted by Gasteiger charge is 2.11. The van der Waals surface area contributed by atoms with Crippen LogP contribution < -0.4 is 5.32 Å². The summed E-state index contributed by atoms with van der Waals surface area (Å²) < 4.78 is 0.731. The second-order valence-electron chi connectivity index (χ2n) is 4.17. The van der Waals surface area contributed by atoms with E-state index in [0.29, 0.717) is 0 Å². The van der Waals surface area contributed by atoms with Gasteiger partial charge in [0.15, 0.2) is 0 Å². The molecule has 0 aliphatic heterocycles. The van der Waals surface area contributed by atoms with Crippen LogP contribution in [0.1, 0.15) is 22.8 Å². The van der Waals surface area contributed by atoms with Gasteiger partial charge in [-0.3, -0.25) is 4.79 Å². The number of benzene rings is 2. The molecule has 2 rings (SSSR count). The van der Waals surface area contributed by atoms with Crippen LogP contribution in [-0.4, -0.2) is 11.0 Å². The van der Waals surface area contributed by atoms with Gasteiger partial charge in [-0.15, -0.1) is 0 Å². The highest BCUT2D eigenvalue weighted by atomic mass is 79.9. The van der Waals surface area contributed by atoms with E-state index in [1.54, 1.807) is 12.1 Å². The van der Waals surface area contributed by atoms with Crippen molar-refractivity contribution in [3.63, 3.8) is 0 Å². The largest absolute Gasteiger partial charge is 0.507 e. The molecule has 0 aliphatic carbocycles. The van der Waals surface area contributed by atoms with Crippen LogP contribution >= 0.6 is 15.9 Å². The molecule has 0 saturated carbocycles. The second-order valence-corrected chi connectivity index (χ2v) is 5.09. The predicted octanol–water partition coefficient (Wildman–Crippen LogP) is 3.97. The summed E-state index contributed by atoms with van der Waals surface area (Å²) in [4.78, 5) is 12.1. The maximum Gasteiger partial charge on any atom is 0.259 e. The highest BCUT2D eigenvalue weighted by Crippen LogP contribution is 2.23. The maximum absolute atomic E-state index is 12.1. The fourth-order valence-electron chi connectivity index (χ4n) is 1.76. The Balaban J connectivity index is 2.20. The molecule has 0 fully saturated rings. The Morgan fingerprint density at radius 1 is 1.26 bits per heavy atom. The van der Waals surface area contributed by atoms with Gasteiger partial charge in [0.1, 0.15) is 5.75 Å². The molecule has 2 N–H and O–H groups in total. The molecule has 0 unspecified atom stereocenters. The smallest absolute Gasteiger partial charge is 0.259 e. The number of amides is 1. The lowest BCUT2D eigenvalue weighted by Gasteiger charge is -2.08. The molecule has 0 bridgehead atoms. The van der Waals surface area contributed by atoms with Crippen LogP contribution in [0.4, 0.5) is 5.69 Å². The van der Waals surface area contributed by atoms with Crippen LogP contribution in [0.3, 0.4) is 0 Å². The number of hydrogen-bond acceptors (Lipinski definition) is 2. The van der Waals surface area contributed by atoms with E-state index in [4.69, 9.17) is 0 Å². The summed E-state index contributed by atoms with van der Waals surface area (Å²) in [5.74, 6) is -0.364. The maximum atomic E-state index is 12.1. The van der Waals surface area contributed by atoms with Crippen molar-refractivity contribution in [2.45, 2.75) is 13.3 Å². The fourth-order valence-corrected chi connectivity index (χ4v) is 2.11. The Labute approximate surface area is 120 Å². The Morgan fingerprint density at radius 2 is 2.05 bits per heavy atom. The molecule has 2 aromatic carbocycles. The lowest BCUT2D eigenvalue weighted by Crippen LogP contribution is -2.12. The van der Waals surface area contributed by atoms with Gasteiger partial charge in [0.05, 0.1) is 5.56 Å². The van der Waals surface area contributed by atoms with Crippen LogP contribution in [0.25, 0.3) is 0 Å². The minimum absolute atomic E-state index is 0.0430. The quantitative estimate of drug-likeness (QED) is 0.899. The van der Waals surface area contributed by atoms with E-state index < -0.39 is 0 Å². The number of aromatic hydroxyl groups is 1. The van der Waals surface area contributed by atoms with Crippen molar-refractivity contribution in [3.8, 4) is 5.75 Å². The molecule has 0 aromatic heterocycles. The molecule has 0 atom stereocenters. The lowest BCUT2D eigenvalue weighted by atomic mass is 10.1. The molecule has 0 spiro atoms. The minimum atomic E-state index is -0.321. The Morgan fingerprint density at radius 3 is 2.74 bits per heavy atom. The molecule has 0 aliphatic rings. The number of anilines is 1. The molecule has 0 saturated heterocycles. The second kappa shape index (κ2) is 5.89. The average Bonchev–Trinajstić information content (AvgIpc) is 2.38. The summed E-state index contributed by atoms with van der Waals surface area (Å²) in [7, 11) is 0. The zero-order valence-electron chi connectivity index (χ0n) is 10.5. The molecular formula is C15H14BrNO2. The Hall–Kier alpha value is -1.81. The molecule has 2 aromatic rings. The van der Waals surface area contributed by atoms with Crippen molar-refractivity contribution in [2.24, 2.45) is 0 Å². The van der Waals surface area contributed by atoms with Gasteiger partial charge in [-0.2, -0.15) is 0 Å². The highest BCUT2D eigenvalue weighted by molar-refractivity contribution is 9.10. The first-order valence-corrected chi connectivity index (χ1v) is 6.78. The third kappa shape index (κ3) is 3.35. The first-order chi connectivity index (χ1) is 9.10. The topological polar surface area (TPSA) is 49.3 Å². The molecule has 98 valence electrons. The SMILES string of the molecule is CCc1cccc(NC(=O)c2ccc(Br)cc2O)c1. The summed E-state index contributed by atoms with van der Waals surface area (Å²) in [6.45, 7) is 2.06. The normalized spacial score (nSPS) is 10.2. The van der Waals surface area contributed by atoms with Crippen molar-refractivity contribution in [1.29, 1.82) is 0 Å². The minimum Gasteiger partial charge on any atom is -0.507 e. The molecular weight excluding hydrogens is 306 g/mol. The van der Waals surface area contributed by atoms with Crippen molar-refractivity contribution >= 4 is 27.5 Å². The van der Waals surface area contributed by atoms with E-state index in [2.05, 4.69) is 28.2 Å². The molecule has 1 amide bonds. The van der Waals surface area contributed by atoms with Gasteiger partial charge in [0.25, 0.3) is 5.91 Å². The number of carbonyl (C=O) groups excluding carboxylic acids is 1. The molecule has 3 nitrogen and oxygen atoms in total. The summed E-state index contributed by atoms with van der Waals surface area (Å²) in [5.41, 5.74) is 2.13. The summed E-state index contributed by atoms with van der Waals surface area (Å²) in [6.07, 6.45) is 0.910. The fraction of sp³-hybridized carbons (Fsp3) is 0.133. The molecule has 0 heterocycles. The van der Waals surface area contributed by atoms with Gasteiger partial charge in [0.2, 0.25) is 0 Å². The third-order valence-electron chi connectivity index (χ3n) is 2.80. The van der Waals surface area contributed by atoms with Gasteiger partial charge < -0.3 is 10.4 Å². The summed E-state index contributed by atoms with van der Waals surface area (Å²) in [5, 5.41) is 12.5. The molecule has 19 heavy (non-hydrogen) atoms.